The van der Waals surface area contributed by atoms with Crippen LogP contribution in [0.5, 0.6) is 0 Å². The molecule has 0 bridgehead atoms. The molecule has 0 aliphatic heterocycles. The Morgan fingerprint density at radius 3 is 2.68 bits per heavy atom. The number of aryl methyl sites for hydroxylation is 2. The van der Waals surface area contributed by atoms with Gasteiger partial charge in [-0.1, -0.05) is 0 Å². The highest BCUT2D eigenvalue weighted by Crippen LogP contribution is 2.17. The van der Waals surface area contributed by atoms with Crippen LogP contribution in [-0.2, 0) is 6.42 Å². The van der Waals surface area contributed by atoms with Crippen molar-refractivity contribution in [2.75, 3.05) is 20.6 Å². The summed E-state index contributed by atoms with van der Waals surface area (Å²) in [7, 11) is 3.96. The van der Waals surface area contributed by atoms with E-state index < -0.39 is 5.97 Å². The van der Waals surface area contributed by atoms with E-state index in [1.165, 1.54) is 0 Å². The van der Waals surface area contributed by atoms with E-state index in [-0.39, 0.29) is 5.56 Å². The second-order valence-electron chi connectivity index (χ2n) is 4.97. The number of hydrogen-bond acceptors (Lipinski definition) is 4. The first-order valence-corrected chi connectivity index (χ1v) is 6.14. The average molecular weight is 262 g/mol. The number of aromatic nitrogens is 3. The lowest BCUT2D eigenvalue weighted by Crippen LogP contribution is -2.15. The normalized spacial score (nSPS) is 11.4. The molecule has 2 rings (SSSR count). The van der Waals surface area contributed by atoms with Crippen LogP contribution in [0.4, 0.5) is 0 Å². The van der Waals surface area contributed by atoms with E-state index >= 15 is 0 Å². The molecule has 2 aromatic rings. The quantitative estimate of drug-likeness (QED) is 0.895. The van der Waals surface area contributed by atoms with Gasteiger partial charge in [0, 0.05) is 18.7 Å². The molecule has 0 fully saturated rings. The summed E-state index contributed by atoms with van der Waals surface area (Å²) >= 11 is 0. The lowest BCUT2D eigenvalue weighted by atomic mass is 10.1. The van der Waals surface area contributed by atoms with Crippen LogP contribution in [0.1, 0.15) is 27.4 Å². The molecular formula is C13H18N4O2. The number of carboxylic acids is 1. The fourth-order valence-electron chi connectivity index (χ4n) is 2.08. The lowest BCUT2D eigenvalue weighted by Gasteiger charge is -2.05. The molecule has 1 N–H and O–H groups in total. The number of hydrogen-bond donors (Lipinski definition) is 1. The van der Waals surface area contributed by atoms with Crippen LogP contribution in [0, 0.1) is 13.8 Å². The van der Waals surface area contributed by atoms with Crippen LogP contribution >= 0.6 is 0 Å². The smallest absolute Gasteiger partial charge is 0.339 e. The zero-order valence-electron chi connectivity index (χ0n) is 11.6. The van der Waals surface area contributed by atoms with Gasteiger partial charge in [-0.3, -0.25) is 0 Å². The molecule has 0 aromatic carbocycles. The molecule has 102 valence electrons. The highest BCUT2D eigenvalue weighted by Gasteiger charge is 2.18. The van der Waals surface area contributed by atoms with Crippen LogP contribution < -0.4 is 0 Å². The van der Waals surface area contributed by atoms with Crippen molar-refractivity contribution in [2.45, 2.75) is 20.3 Å². The Morgan fingerprint density at radius 2 is 2.11 bits per heavy atom. The van der Waals surface area contributed by atoms with E-state index in [1.807, 2.05) is 32.0 Å². The fourth-order valence-corrected chi connectivity index (χ4v) is 2.08. The standard InChI is InChI=1S/C13H18N4O2/c1-8-7-9(2)17-12(11(8)13(18)19)14-10(15-17)5-6-16(3)4/h7H,5-6H2,1-4H3,(H,18,19). The Labute approximate surface area is 111 Å². The molecule has 2 aromatic heterocycles. The van der Waals surface area contributed by atoms with Crippen LogP contribution in [0.15, 0.2) is 6.07 Å². The van der Waals surface area contributed by atoms with E-state index in [4.69, 9.17) is 0 Å². The number of aromatic carboxylic acids is 1. The Hall–Kier alpha value is -1.95. The SMILES string of the molecule is Cc1cc(C)n2nc(CCN(C)C)nc2c1C(=O)O. The van der Waals surface area contributed by atoms with Crippen LogP contribution in [0.2, 0.25) is 0 Å². The molecule has 0 saturated carbocycles. The molecule has 19 heavy (non-hydrogen) atoms. The summed E-state index contributed by atoms with van der Waals surface area (Å²) in [5.74, 6) is -0.293. The van der Waals surface area contributed by atoms with E-state index in [9.17, 15) is 9.90 Å². The Bertz CT molecular complexity index is 631. The fraction of sp³-hybridized carbons (Fsp3) is 0.462. The minimum Gasteiger partial charge on any atom is -0.478 e. The third kappa shape index (κ3) is 2.58. The molecule has 0 radical (unpaired) electrons. The van der Waals surface area contributed by atoms with Gasteiger partial charge in [0.2, 0.25) is 0 Å². The molecule has 0 aliphatic carbocycles. The topological polar surface area (TPSA) is 70.7 Å². The molecule has 0 saturated heterocycles. The number of fused-ring (bicyclic) bond motifs is 1. The van der Waals surface area contributed by atoms with Gasteiger partial charge in [0.25, 0.3) is 0 Å². The molecule has 0 amide bonds. The van der Waals surface area contributed by atoms with Crippen LogP contribution in [0.25, 0.3) is 5.65 Å². The largest absolute Gasteiger partial charge is 0.478 e. The Balaban J connectivity index is 2.54. The average Bonchev–Trinajstić information content (AvgIpc) is 2.69. The Kier molecular flexibility index (Phi) is 3.53. The lowest BCUT2D eigenvalue weighted by molar-refractivity contribution is 0.0697. The molecule has 2 heterocycles. The highest BCUT2D eigenvalue weighted by atomic mass is 16.4. The predicted molar refractivity (Wildman–Crippen MR) is 71.7 cm³/mol. The first-order valence-electron chi connectivity index (χ1n) is 6.14. The van der Waals surface area contributed by atoms with Gasteiger partial charge in [-0.25, -0.2) is 14.3 Å². The number of rotatable bonds is 4. The minimum atomic E-state index is -0.964. The maximum absolute atomic E-state index is 11.3. The monoisotopic (exact) mass is 262 g/mol. The van der Waals surface area contributed by atoms with Crippen molar-refractivity contribution in [1.82, 2.24) is 19.5 Å². The maximum atomic E-state index is 11.3. The zero-order chi connectivity index (χ0) is 14.2. The minimum absolute atomic E-state index is 0.231. The third-order valence-electron chi connectivity index (χ3n) is 3.02. The summed E-state index contributed by atoms with van der Waals surface area (Å²) in [6.07, 6.45) is 0.701. The second-order valence-corrected chi connectivity index (χ2v) is 4.97. The zero-order valence-corrected chi connectivity index (χ0v) is 11.6. The summed E-state index contributed by atoms with van der Waals surface area (Å²) < 4.78 is 1.61. The van der Waals surface area contributed by atoms with Gasteiger partial charge in [-0.05, 0) is 39.6 Å². The van der Waals surface area contributed by atoms with Gasteiger partial charge in [-0.2, -0.15) is 5.10 Å². The molecule has 6 nitrogen and oxygen atoms in total. The van der Waals surface area contributed by atoms with Crippen molar-refractivity contribution in [3.8, 4) is 0 Å². The van der Waals surface area contributed by atoms with Gasteiger partial charge >= 0.3 is 5.97 Å². The summed E-state index contributed by atoms with van der Waals surface area (Å²) in [5, 5.41) is 13.7. The van der Waals surface area contributed by atoms with Crippen molar-refractivity contribution in [3.05, 3.63) is 28.7 Å². The third-order valence-corrected chi connectivity index (χ3v) is 3.02. The van der Waals surface area contributed by atoms with Crippen molar-refractivity contribution < 1.29 is 9.90 Å². The first kappa shape index (κ1) is 13.5. The van der Waals surface area contributed by atoms with Crippen molar-refractivity contribution >= 4 is 11.6 Å². The molecule has 0 unspecified atom stereocenters. The summed E-state index contributed by atoms with van der Waals surface area (Å²) in [4.78, 5) is 17.7. The summed E-state index contributed by atoms with van der Waals surface area (Å²) in [5.41, 5.74) is 2.26. The van der Waals surface area contributed by atoms with E-state index in [0.717, 1.165) is 12.2 Å². The molecular weight excluding hydrogens is 244 g/mol. The summed E-state index contributed by atoms with van der Waals surface area (Å²) in [6.45, 7) is 4.51. The number of pyridine rings is 1. The highest BCUT2D eigenvalue weighted by molar-refractivity contribution is 5.96. The number of carbonyl (C=O) groups is 1. The molecule has 0 spiro atoms. The Morgan fingerprint density at radius 1 is 1.42 bits per heavy atom. The maximum Gasteiger partial charge on any atom is 0.339 e. The second kappa shape index (κ2) is 4.97. The number of likely N-dealkylation sites (N-methyl/N-ethyl adjacent to an activating group) is 1. The molecule has 6 heteroatoms. The van der Waals surface area contributed by atoms with Crippen molar-refractivity contribution in [1.29, 1.82) is 0 Å². The van der Waals surface area contributed by atoms with Gasteiger partial charge in [0.05, 0.1) is 0 Å². The van der Waals surface area contributed by atoms with Crippen LogP contribution in [-0.4, -0.2) is 51.2 Å². The van der Waals surface area contributed by atoms with Gasteiger partial charge in [0.1, 0.15) is 5.56 Å². The van der Waals surface area contributed by atoms with Crippen LogP contribution in [0.3, 0.4) is 0 Å². The predicted octanol–water partition coefficient (Wildman–Crippen LogP) is 1.15. The number of nitrogens with zero attached hydrogens (tertiary/aromatic N) is 4. The number of carboxylic acid groups (broad SMARTS) is 1. The van der Waals surface area contributed by atoms with E-state index in [0.29, 0.717) is 23.5 Å². The molecule has 0 atom stereocenters. The van der Waals surface area contributed by atoms with Gasteiger partial charge in [-0.15, -0.1) is 0 Å². The van der Waals surface area contributed by atoms with Crippen molar-refractivity contribution in [3.63, 3.8) is 0 Å². The van der Waals surface area contributed by atoms with Gasteiger partial charge in [0.15, 0.2) is 11.5 Å². The first-order chi connectivity index (χ1) is 8.90. The molecule has 0 aliphatic rings. The van der Waals surface area contributed by atoms with E-state index in [2.05, 4.69) is 10.1 Å². The van der Waals surface area contributed by atoms with Gasteiger partial charge < -0.3 is 10.0 Å². The van der Waals surface area contributed by atoms with Crippen molar-refractivity contribution in [2.24, 2.45) is 0 Å². The summed E-state index contributed by atoms with van der Waals surface area (Å²) in [6, 6.07) is 1.82. The van der Waals surface area contributed by atoms with E-state index in [1.54, 1.807) is 11.4 Å².